The Hall–Kier alpha value is -2.28. The fourth-order valence-corrected chi connectivity index (χ4v) is 3.16. The first-order valence-corrected chi connectivity index (χ1v) is 9.45. The normalized spacial score (nSPS) is 19.1. The van der Waals surface area contributed by atoms with E-state index >= 15 is 0 Å². The fourth-order valence-electron chi connectivity index (χ4n) is 3.16. The molecule has 1 fully saturated rings. The van der Waals surface area contributed by atoms with E-state index in [0.717, 1.165) is 19.3 Å². The van der Waals surface area contributed by atoms with Crippen molar-refractivity contribution >= 4 is 11.9 Å². The number of carboxylic acids is 1. The molecule has 0 spiro atoms. The van der Waals surface area contributed by atoms with Crippen LogP contribution in [0.4, 0.5) is 0 Å². The van der Waals surface area contributed by atoms with Gasteiger partial charge in [-0.1, -0.05) is 20.3 Å². The Bertz CT molecular complexity index is 647. The SMILES string of the molecule is CCCCO[C@H]1C[C@@H](COc2ccc(C(=O)O)cc2OC)N(C(=O)CC)C1. The second-order valence-electron chi connectivity index (χ2n) is 6.62. The monoisotopic (exact) mass is 379 g/mol. The molecule has 1 heterocycles. The van der Waals surface area contributed by atoms with Crippen LogP contribution < -0.4 is 9.47 Å². The molecule has 27 heavy (non-hydrogen) atoms. The van der Waals surface area contributed by atoms with Gasteiger partial charge in [-0.15, -0.1) is 0 Å². The molecule has 1 saturated heterocycles. The van der Waals surface area contributed by atoms with Crippen LogP contribution >= 0.6 is 0 Å². The Balaban J connectivity index is 2.03. The van der Waals surface area contributed by atoms with E-state index in [2.05, 4.69) is 6.92 Å². The molecule has 0 radical (unpaired) electrons. The third-order valence-corrected chi connectivity index (χ3v) is 4.69. The maximum atomic E-state index is 12.3. The number of methoxy groups -OCH3 is 1. The molecule has 0 unspecified atom stereocenters. The number of likely N-dealkylation sites (tertiary alicyclic amines) is 1. The third-order valence-electron chi connectivity index (χ3n) is 4.69. The van der Waals surface area contributed by atoms with E-state index in [9.17, 15) is 9.59 Å². The van der Waals surface area contributed by atoms with Gasteiger partial charge in [-0.3, -0.25) is 4.79 Å². The minimum absolute atomic E-state index is 0.0249. The number of carbonyl (C=O) groups excluding carboxylic acids is 1. The van der Waals surface area contributed by atoms with E-state index in [1.807, 2.05) is 11.8 Å². The predicted molar refractivity (Wildman–Crippen MR) is 101 cm³/mol. The number of ether oxygens (including phenoxy) is 3. The summed E-state index contributed by atoms with van der Waals surface area (Å²) in [7, 11) is 1.47. The van der Waals surface area contributed by atoms with Crippen molar-refractivity contribution in [2.75, 3.05) is 26.9 Å². The van der Waals surface area contributed by atoms with Crippen LogP contribution in [0.5, 0.6) is 11.5 Å². The molecule has 150 valence electrons. The van der Waals surface area contributed by atoms with Gasteiger partial charge in [-0.05, 0) is 31.0 Å². The Labute approximate surface area is 160 Å². The Kier molecular flexibility index (Phi) is 7.91. The molecular formula is C20H29NO6. The number of unbranched alkanes of at least 4 members (excludes halogenated alkanes) is 1. The quantitative estimate of drug-likeness (QED) is 0.629. The van der Waals surface area contributed by atoms with Crippen molar-refractivity contribution in [2.45, 2.75) is 51.7 Å². The summed E-state index contributed by atoms with van der Waals surface area (Å²) in [5.74, 6) is -0.125. The number of rotatable bonds is 10. The van der Waals surface area contributed by atoms with Gasteiger partial charge < -0.3 is 24.2 Å². The number of hydrogen-bond acceptors (Lipinski definition) is 5. The number of benzene rings is 1. The van der Waals surface area contributed by atoms with Crippen molar-refractivity contribution in [3.05, 3.63) is 23.8 Å². The van der Waals surface area contributed by atoms with Crippen molar-refractivity contribution in [1.29, 1.82) is 0 Å². The Morgan fingerprint density at radius 3 is 2.67 bits per heavy atom. The van der Waals surface area contributed by atoms with E-state index in [1.165, 1.54) is 19.2 Å². The lowest BCUT2D eigenvalue weighted by molar-refractivity contribution is -0.132. The summed E-state index contributed by atoms with van der Waals surface area (Å²) in [6.07, 6.45) is 3.27. The van der Waals surface area contributed by atoms with Gasteiger partial charge in [0.1, 0.15) is 6.61 Å². The van der Waals surface area contributed by atoms with Gasteiger partial charge in [0.15, 0.2) is 11.5 Å². The molecule has 2 rings (SSSR count). The molecule has 1 N–H and O–H groups in total. The highest BCUT2D eigenvalue weighted by Crippen LogP contribution is 2.30. The van der Waals surface area contributed by atoms with Crippen molar-refractivity contribution in [1.82, 2.24) is 4.90 Å². The number of nitrogens with zero attached hydrogens (tertiary/aromatic N) is 1. The highest BCUT2D eigenvalue weighted by Gasteiger charge is 2.35. The molecule has 7 nitrogen and oxygen atoms in total. The van der Waals surface area contributed by atoms with Gasteiger partial charge in [0, 0.05) is 19.6 Å². The molecule has 1 aromatic carbocycles. The van der Waals surface area contributed by atoms with Gasteiger partial charge in [-0.25, -0.2) is 4.79 Å². The van der Waals surface area contributed by atoms with Crippen LogP contribution in [0, 0.1) is 0 Å². The number of aromatic carboxylic acids is 1. The first kappa shape index (κ1) is 21.0. The Morgan fingerprint density at radius 2 is 2.04 bits per heavy atom. The lowest BCUT2D eigenvalue weighted by Crippen LogP contribution is -2.39. The lowest BCUT2D eigenvalue weighted by atomic mass is 10.2. The zero-order valence-corrected chi connectivity index (χ0v) is 16.3. The van der Waals surface area contributed by atoms with Gasteiger partial charge in [0.25, 0.3) is 0 Å². The summed E-state index contributed by atoms with van der Waals surface area (Å²) in [6, 6.07) is 4.41. The minimum atomic E-state index is -1.03. The number of carbonyl (C=O) groups is 2. The van der Waals surface area contributed by atoms with Gasteiger partial charge in [0.05, 0.1) is 24.8 Å². The smallest absolute Gasteiger partial charge is 0.335 e. The maximum Gasteiger partial charge on any atom is 0.335 e. The van der Waals surface area contributed by atoms with Gasteiger partial charge in [-0.2, -0.15) is 0 Å². The van der Waals surface area contributed by atoms with Gasteiger partial charge in [0.2, 0.25) is 5.91 Å². The van der Waals surface area contributed by atoms with Crippen LogP contribution in [0.2, 0.25) is 0 Å². The van der Waals surface area contributed by atoms with E-state index in [4.69, 9.17) is 19.3 Å². The fraction of sp³-hybridized carbons (Fsp3) is 0.600. The second kappa shape index (κ2) is 10.2. The molecule has 1 aliphatic heterocycles. The molecule has 2 atom stereocenters. The highest BCUT2D eigenvalue weighted by atomic mass is 16.5. The van der Waals surface area contributed by atoms with Crippen molar-refractivity contribution < 1.29 is 28.9 Å². The molecular weight excluding hydrogens is 350 g/mol. The average Bonchev–Trinajstić information content (AvgIpc) is 3.08. The number of carboxylic acid groups (broad SMARTS) is 1. The van der Waals surface area contributed by atoms with Gasteiger partial charge >= 0.3 is 5.97 Å². The summed E-state index contributed by atoms with van der Waals surface area (Å²) in [5.41, 5.74) is 0.132. The topological polar surface area (TPSA) is 85.3 Å². The van der Waals surface area contributed by atoms with E-state index < -0.39 is 5.97 Å². The zero-order chi connectivity index (χ0) is 19.8. The predicted octanol–water partition coefficient (Wildman–Crippen LogP) is 2.97. The Morgan fingerprint density at radius 1 is 1.26 bits per heavy atom. The van der Waals surface area contributed by atoms with Crippen molar-refractivity contribution in [2.24, 2.45) is 0 Å². The third kappa shape index (κ3) is 5.60. The minimum Gasteiger partial charge on any atom is -0.493 e. The van der Waals surface area contributed by atoms with Crippen molar-refractivity contribution in [3.63, 3.8) is 0 Å². The van der Waals surface area contributed by atoms with Crippen LogP contribution in [-0.2, 0) is 9.53 Å². The molecule has 0 saturated carbocycles. The van der Waals surface area contributed by atoms with E-state index in [1.54, 1.807) is 6.07 Å². The summed E-state index contributed by atoms with van der Waals surface area (Å²) >= 11 is 0. The van der Waals surface area contributed by atoms with Crippen LogP contribution in [0.25, 0.3) is 0 Å². The number of amides is 1. The molecule has 0 aliphatic carbocycles. The average molecular weight is 379 g/mol. The molecule has 0 aromatic heterocycles. The van der Waals surface area contributed by atoms with Crippen LogP contribution in [-0.4, -0.2) is 60.9 Å². The summed E-state index contributed by atoms with van der Waals surface area (Å²) in [5, 5.41) is 9.08. The van der Waals surface area contributed by atoms with Crippen LogP contribution in [0.3, 0.4) is 0 Å². The molecule has 1 aliphatic rings. The zero-order valence-electron chi connectivity index (χ0n) is 16.3. The highest BCUT2D eigenvalue weighted by molar-refractivity contribution is 5.88. The van der Waals surface area contributed by atoms with Crippen molar-refractivity contribution in [3.8, 4) is 11.5 Å². The molecule has 1 amide bonds. The van der Waals surface area contributed by atoms with E-state index in [0.29, 0.717) is 37.7 Å². The summed E-state index contributed by atoms with van der Waals surface area (Å²) in [4.78, 5) is 25.2. The molecule has 0 bridgehead atoms. The first-order valence-electron chi connectivity index (χ1n) is 9.45. The standard InChI is InChI=1S/C20H29NO6/c1-4-6-9-26-16-11-15(21(12-16)19(22)5-2)13-27-17-8-7-14(20(23)24)10-18(17)25-3/h7-8,10,15-16H,4-6,9,11-13H2,1-3H3,(H,23,24)/t15-,16-/m0/s1. The van der Waals surface area contributed by atoms with Crippen LogP contribution in [0.1, 0.15) is 49.9 Å². The summed E-state index contributed by atoms with van der Waals surface area (Å²) < 4.78 is 17.0. The maximum absolute atomic E-state index is 12.3. The van der Waals surface area contributed by atoms with Crippen LogP contribution in [0.15, 0.2) is 18.2 Å². The van der Waals surface area contributed by atoms with E-state index in [-0.39, 0.29) is 23.6 Å². The first-order chi connectivity index (χ1) is 13.0. The number of hydrogen-bond donors (Lipinski definition) is 1. The summed E-state index contributed by atoms with van der Waals surface area (Å²) in [6.45, 7) is 5.55. The lowest BCUT2D eigenvalue weighted by Gasteiger charge is -2.24. The second-order valence-corrected chi connectivity index (χ2v) is 6.62. The molecule has 1 aromatic rings. The largest absolute Gasteiger partial charge is 0.493 e. The molecule has 7 heteroatoms.